The van der Waals surface area contributed by atoms with Crippen LogP contribution in [0.4, 0.5) is 16.4 Å². The molecule has 6 aromatic rings. The third-order valence-electron chi connectivity index (χ3n) is 8.39. The van der Waals surface area contributed by atoms with E-state index in [0.717, 1.165) is 16.3 Å². The number of aliphatic hydroxyl groups is 3. The van der Waals surface area contributed by atoms with Gasteiger partial charge >= 0.3 is 11.8 Å². The van der Waals surface area contributed by atoms with Crippen molar-refractivity contribution in [2.24, 2.45) is 0 Å². The molecule has 5 atom stereocenters. The zero-order valence-electron chi connectivity index (χ0n) is 25.7. The highest BCUT2D eigenvalue weighted by Gasteiger charge is 2.45. The molecule has 17 nitrogen and oxygen atoms in total. The largest absolute Gasteiger partial charge is 0.493 e. The molecule has 7 rings (SSSR count). The number of hydrogen-bond donors (Lipinski definition) is 7. The minimum absolute atomic E-state index is 0.0527. The third-order valence-corrected chi connectivity index (χ3v) is 8.39. The van der Waals surface area contributed by atoms with Crippen molar-refractivity contribution in [2.45, 2.75) is 43.2 Å². The molecule has 1 aliphatic carbocycles. The Morgan fingerprint density at radius 3 is 2.45 bits per heavy atom. The maximum absolute atomic E-state index is 12.5. The Morgan fingerprint density at radius 1 is 1.00 bits per heavy atom. The predicted molar refractivity (Wildman–Crippen MR) is 175 cm³/mol. The van der Waals surface area contributed by atoms with Gasteiger partial charge in [-0.1, -0.05) is 48.5 Å². The van der Waals surface area contributed by atoms with Crippen LogP contribution in [0.5, 0.6) is 11.6 Å². The van der Waals surface area contributed by atoms with Crippen molar-refractivity contribution in [3.05, 3.63) is 102 Å². The van der Waals surface area contributed by atoms with Crippen LogP contribution in [0.3, 0.4) is 0 Å². The summed E-state index contributed by atoms with van der Waals surface area (Å²) >= 11 is 0. The molecule has 0 unspecified atom stereocenters. The van der Waals surface area contributed by atoms with E-state index in [1.807, 2.05) is 30.3 Å². The topological polar surface area (TPSA) is 230 Å². The number of para-hydroxylation sites is 1. The molecule has 1 amide bonds. The molecule has 49 heavy (non-hydrogen) atoms. The third kappa shape index (κ3) is 6.32. The Kier molecular flexibility index (Phi) is 8.52. The van der Waals surface area contributed by atoms with Gasteiger partial charge in [-0.15, -0.1) is 0 Å². The van der Waals surface area contributed by atoms with E-state index in [-0.39, 0.29) is 42.1 Å². The van der Waals surface area contributed by atoms with Crippen molar-refractivity contribution in [3.8, 4) is 17.6 Å². The van der Waals surface area contributed by atoms with Crippen molar-refractivity contribution in [2.75, 3.05) is 17.2 Å². The number of H-pyrrole nitrogens is 1. The summed E-state index contributed by atoms with van der Waals surface area (Å²) < 4.78 is 9.33. The maximum atomic E-state index is 12.5. The summed E-state index contributed by atoms with van der Waals surface area (Å²) in [6.45, 7) is -0.233. The second kappa shape index (κ2) is 13.2. The van der Waals surface area contributed by atoms with Crippen molar-refractivity contribution >= 4 is 28.9 Å². The minimum atomic E-state index is -1.40. The molecule has 1 aliphatic rings. The number of aromatic nitrogens is 8. The molecule has 4 aromatic heterocycles. The summed E-state index contributed by atoms with van der Waals surface area (Å²) in [5.41, 5.74) is 0.923. The van der Waals surface area contributed by atoms with Gasteiger partial charge in [-0.2, -0.15) is 9.97 Å². The van der Waals surface area contributed by atoms with Gasteiger partial charge in [0.1, 0.15) is 24.3 Å². The maximum Gasteiger partial charge on any atom is 0.418 e. The Hall–Kier alpha value is -6.04. The van der Waals surface area contributed by atoms with E-state index in [4.69, 9.17) is 9.72 Å². The number of nitrogens with one attached hydrogen (secondary N) is 3. The van der Waals surface area contributed by atoms with Crippen LogP contribution in [0.2, 0.25) is 0 Å². The van der Waals surface area contributed by atoms with Gasteiger partial charge in [-0.25, -0.2) is 19.6 Å². The molecule has 252 valence electrons. The lowest BCUT2D eigenvalue weighted by atomic mass is 10.1. The number of carbonyl (C=O) groups excluding carboxylic acids is 1. The zero-order chi connectivity index (χ0) is 34.1. The Bertz CT molecular complexity index is 2130. The van der Waals surface area contributed by atoms with Gasteiger partial charge in [0, 0.05) is 0 Å². The van der Waals surface area contributed by atoms with Crippen molar-refractivity contribution < 1.29 is 30.0 Å². The molecule has 2 aromatic carbocycles. The Morgan fingerprint density at radius 2 is 1.73 bits per heavy atom. The average Bonchev–Trinajstić information content (AvgIpc) is 3.89. The number of anilines is 2. The van der Waals surface area contributed by atoms with Gasteiger partial charge < -0.3 is 40.0 Å². The van der Waals surface area contributed by atoms with Crippen LogP contribution in [0.15, 0.2) is 90.5 Å². The normalized spacial score (nSPS) is 19.6. The first-order valence-electron chi connectivity index (χ1n) is 15.4. The number of imidazole rings is 3. The van der Waals surface area contributed by atoms with Gasteiger partial charge in [0.15, 0.2) is 22.8 Å². The summed E-state index contributed by atoms with van der Waals surface area (Å²) in [6, 6.07) is 15.9. The van der Waals surface area contributed by atoms with E-state index in [9.17, 15) is 30.0 Å². The number of benzene rings is 2. The number of aliphatic hydroxyl groups excluding tert-OH is 3. The highest BCUT2D eigenvalue weighted by atomic mass is 16.6. The lowest BCUT2D eigenvalue weighted by Gasteiger charge is -2.20. The number of nitrogens with zero attached hydrogens (tertiary/aromatic N) is 7. The molecule has 0 radical (unpaired) electrons. The van der Waals surface area contributed by atoms with Gasteiger partial charge in [0.05, 0.1) is 43.5 Å². The van der Waals surface area contributed by atoms with Crippen molar-refractivity contribution in [3.63, 3.8) is 0 Å². The number of carbonyl (C=O) groups is 1. The van der Waals surface area contributed by atoms with Crippen molar-refractivity contribution in [1.29, 1.82) is 0 Å². The summed E-state index contributed by atoms with van der Waals surface area (Å²) in [6.07, 6.45) is 2.44. The monoisotopic (exact) mass is 668 g/mol. The van der Waals surface area contributed by atoms with Crippen LogP contribution in [-0.4, -0.2) is 90.0 Å². The molecule has 0 aliphatic heterocycles. The Labute approximate surface area is 277 Å². The van der Waals surface area contributed by atoms with Crippen LogP contribution in [0, 0.1) is 0 Å². The summed E-state index contributed by atoms with van der Waals surface area (Å²) in [4.78, 5) is 45.4. The average molecular weight is 669 g/mol. The van der Waals surface area contributed by atoms with Crippen LogP contribution < -0.4 is 21.1 Å². The predicted octanol–water partition coefficient (Wildman–Crippen LogP) is 1.74. The van der Waals surface area contributed by atoms with Gasteiger partial charge in [0.2, 0.25) is 11.8 Å². The fraction of sp³-hybridized carbons (Fsp3) is 0.250. The molecule has 1 fully saturated rings. The fourth-order valence-corrected chi connectivity index (χ4v) is 6.05. The van der Waals surface area contributed by atoms with Crippen LogP contribution in [0.25, 0.3) is 17.1 Å². The number of hydrogen-bond acceptors (Lipinski definition) is 12. The Balaban J connectivity index is 1.24. The number of ether oxygens (including phenoxy) is 1. The van der Waals surface area contributed by atoms with Crippen molar-refractivity contribution in [1.82, 2.24) is 38.6 Å². The molecule has 7 N–H and O–H groups in total. The first-order chi connectivity index (χ1) is 23.8. The number of amides is 1. The quantitative estimate of drug-likeness (QED) is 0.111. The zero-order valence-corrected chi connectivity index (χ0v) is 25.7. The number of aromatic hydroxyl groups is 1. The first kappa shape index (κ1) is 31.6. The minimum Gasteiger partial charge on any atom is -0.493 e. The molecule has 4 heterocycles. The van der Waals surface area contributed by atoms with Crippen LogP contribution in [-0.2, 0) is 6.42 Å². The second-order valence-corrected chi connectivity index (χ2v) is 11.6. The lowest BCUT2D eigenvalue weighted by molar-refractivity contribution is 0.00763. The van der Waals surface area contributed by atoms with E-state index in [1.54, 1.807) is 34.9 Å². The summed E-state index contributed by atoms with van der Waals surface area (Å²) in [5.74, 6) is 0.501. The van der Waals surface area contributed by atoms with E-state index >= 15 is 0 Å². The molecular weight excluding hydrogens is 636 g/mol. The van der Waals surface area contributed by atoms with E-state index < -0.39 is 42.1 Å². The smallest absolute Gasteiger partial charge is 0.418 e. The lowest BCUT2D eigenvalue weighted by Crippen LogP contribution is -2.33. The molecule has 1 saturated carbocycles. The van der Waals surface area contributed by atoms with Crippen LogP contribution in [0.1, 0.15) is 24.1 Å². The number of fused-ring (bicyclic) bond motifs is 1. The van der Waals surface area contributed by atoms with E-state index in [2.05, 4.69) is 30.6 Å². The molecule has 0 bridgehead atoms. The number of aromatic amines is 1. The summed E-state index contributed by atoms with van der Waals surface area (Å²) in [5, 5.41) is 48.5. The number of rotatable bonds is 10. The molecule has 0 saturated heterocycles. The standard InChI is InChI=1S/C32H32N10O7/c43-15-19(11-18-7-3-1-4-8-18)36-28-25-29(41(17-35-25)21-12-22(27(46)26(21)45)42-24(44)13-33-31(42)47)39-30(38-28)40-14-23(34-16-40)37-32(48)49-20-9-5-2-6-10-20/h1-10,13-14,16-17,19,21-22,26-27,43-46H,11-12,15H2,(H,33,47)(H,37,48)(H,36,38,39)/t19-,21+,22-,26-,27+/m0/s1. The first-order valence-corrected chi connectivity index (χ1v) is 15.4. The van der Waals surface area contributed by atoms with Gasteiger partial charge in [-0.3, -0.25) is 14.5 Å². The van der Waals surface area contributed by atoms with E-state index in [1.165, 1.54) is 23.4 Å². The molecule has 0 spiro atoms. The van der Waals surface area contributed by atoms with Gasteiger partial charge in [-0.05, 0) is 30.5 Å². The highest BCUT2D eigenvalue weighted by Crippen LogP contribution is 2.41. The SMILES string of the molecule is O=C(Nc1cn(-c2nc(N[C@H](CO)Cc3ccccc3)c3ncn([C@@H]4C[C@H](n5c(O)c[nH]c5=O)[C@@H](O)[C@H]4O)c3n2)cn1)Oc1ccccc1. The van der Waals surface area contributed by atoms with Gasteiger partial charge in [0.25, 0.3) is 0 Å². The van der Waals surface area contributed by atoms with Crippen LogP contribution >= 0.6 is 0 Å². The molecular formula is C32H32N10O7. The second-order valence-electron chi connectivity index (χ2n) is 11.6. The highest BCUT2D eigenvalue weighted by molar-refractivity contribution is 5.85. The molecule has 17 heteroatoms. The summed E-state index contributed by atoms with van der Waals surface area (Å²) in [7, 11) is 0. The van der Waals surface area contributed by atoms with E-state index in [0.29, 0.717) is 17.7 Å². The fourth-order valence-electron chi connectivity index (χ4n) is 6.05.